The first-order valence-corrected chi connectivity index (χ1v) is 3.17. The van der Waals surface area contributed by atoms with E-state index in [0.29, 0.717) is 0 Å². The lowest BCUT2D eigenvalue weighted by Gasteiger charge is -2.09. The van der Waals surface area contributed by atoms with Crippen LogP contribution in [0, 0.1) is 0 Å². The van der Waals surface area contributed by atoms with Crippen LogP contribution in [0.15, 0.2) is 12.7 Å². The summed E-state index contributed by atoms with van der Waals surface area (Å²) in [5, 5.41) is 8.88. The second-order valence-corrected chi connectivity index (χ2v) is 2.50. The molecule has 0 radical (unpaired) electrons. The van der Waals surface area contributed by atoms with Gasteiger partial charge in [-0.3, -0.25) is 0 Å². The van der Waals surface area contributed by atoms with Crippen molar-refractivity contribution in [2.75, 3.05) is 0 Å². The van der Waals surface area contributed by atoms with Gasteiger partial charge in [0.1, 0.15) is 0 Å². The van der Waals surface area contributed by atoms with Gasteiger partial charge >= 0.3 is 0 Å². The van der Waals surface area contributed by atoms with Crippen LogP contribution in [0.4, 0.5) is 0 Å². The third-order valence-corrected chi connectivity index (χ3v) is 1.61. The quantitative estimate of drug-likeness (QED) is 0.437. The van der Waals surface area contributed by atoms with Crippen LogP contribution in [0.1, 0.15) is 13.3 Å². The zero-order valence-electron chi connectivity index (χ0n) is 5.04. The lowest BCUT2D eigenvalue weighted by molar-refractivity contribution is 0.192. The minimum Gasteiger partial charge on any atom is -0.392 e. The van der Waals surface area contributed by atoms with Crippen LogP contribution in [-0.2, 0) is 0 Å². The van der Waals surface area contributed by atoms with Gasteiger partial charge in [0.05, 0.1) is 6.10 Å². The van der Waals surface area contributed by atoms with E-state index in [4.69, 9.17) is 5.11 Å². The highest BCUT2D eigenvalue weighted by Gasteiger charge is 2.05. The van der Waals surface area contributed by atoms with Crippen molar-refractivity contribution in [3.63, 3.8) is 0 Å². The predicted octanol–water partition coefficient (Wildman–Crippen LogP) is 1.24. The molecule has 0 bridgehead atoms. The Hall–Kier alpha value is 0.0500. The van der Waals surface area contributed by atoms with Crippen LogP contribution < -0.4 is 0 Å². The van der Waals surface area contributed by atoms with Crippen LogP contribution in [0.25, 0.3) is 0 Å². The average Bonchev–Trinajstić information content (AvgIpc) is 1.67. The topological polar surface area (TPSA) is 20.2 Å². The predicted molar refractivity (Wildman–Crippen MR) is 39.3 cm³/mol. The maximum atomic E-state index is 8.83. The number of aliphatic hydroxyl groups is 1. The Labute approximate surface area is 55.8 Å². The van der Waals surface area contributed by atoms with Crippen molar-refractivity contribution in [1.29, 1.82) is 0 Å². The molecule has 1 N–H and O–H groups in total. The molecule has 0 aliphatic carbocycles. The van der Waals surface area contributed by atoms with Gasteiger partial charge in [-0.05, 0) is 13.3 Å². The molecule has 2 heteroatoms. The summed E-state index contributed by atoms with van der Waals surface area (Å²) in [7, 11) is 0. The Morgan fingerprint density at radius 2 is 2.38 bits per heavy atom. The highest BCUT2D eigenvalue weighted by Crippen LogP contribution is 2.05. The molecule has 0 aromatic heterocycles. The SMILES string of the molecule is C=CCC(S)C(C)O. The zero-order valence-corrected chi connectivity index (χ0v) is 5.94. The summed E-state index contributed by atoms with van der Waals surface area (Å²) in [5.74, 6) is 0. The van der Waals surface area contributed by atoms with Crippen molar-refractivity contribution in [3.05, 3.63) is 12.7 Å². The van der Waals surface area contributed by atoms with Gasteiger partial charge in [0.15, 0.2) is 0 Å². The van der Waals surface area contributed by atoms with E-state index in [2.05, 4.69) is 19.2 Å². The first-order chi connectivity index (χ1) is 3.68. The summed E-state index contributed by atoms with van der Waals surface area (Å²) >= 11 is 4.08. The Balaban J connectivity index is 3.30. The van der Waals surface area contributed by atoms with Gasteiger partial charge in [0.25, 0.3) is 0 Å². The molecule has 0 spiro atoms. The van der Waals surface area contributed by atoms with Crippen molar-refractivity contribution < 1.29 is 5.11 Å². The van der Waals surface area contributed by atoms with Gasteiger partial charge in [-0.15, -0.1) is 6.58 Å². The summed E-state index contributed by atoms with van der Waals surface area (Å²) in [6.07, 6.45) is 2.18. The smallest absolute Gasteiger partial charge is 0.0631 e. The lowest BCUT2D eigenvalue weighted by atomic mass is 10.2. The summed E-state index contributed by atoms with van der Waals surface area (Å²) < 4.78 is 0. The number of thiol groups is 1. The highest BCUT2D eigenvalue weighted by atomic mass is 32.1. The van der Waals surface area contributed by atoms with Crippen LogP contribution in [0.3, 0.4) is 0 Å². The summed E-state index contributed by atoms with van der Waals surface area (Å²) in [6, 6.07) is 0. The first kappa shape index (κ1) is 8.05. The molecule has 0 aliphatic heterocycles. The van der Waals surface area contributed by atoms with Crippen molar-refractivity contribution in [1.82, 2.24) is 0 Å². The van der Waals surface area contributed by atoms with Gasteiger partial charge in [-0.25, -0.2) is 0 Å². The van der Waals surface area contributed by atoms with Crippen LogP contribution in [-0.4, -0.2) is 16.5 Å². The fourth-order valence-electron chi connectivity index (χ4n) is 0.368. The maximum absolute atomic E-state index is 8.83. The molecule has 2 atom stereocenters. The van der Waals surface area contributed by atoms with Crippen molar-refractivity contribution in [2.24, 2.45) is 0 Å². The number of hydrogen-bond acceptors (Lipinski definition) is 2. The van der Waals surface area contributed by atoms with Gasteiger partial charge in [0.2, 0.25) is 0 Å². The second-order valence-electron chi connectivity index (χ2n) is 1.83. The third-order valence-electron chi connectivity index (χ3n) is 0.965. The number of allylic oxidation sites excluding steroid dienone is 1. The molecule has 0 saturated carbocycles. The Morgan fingerprint density at radius 3 is 2.50 bits per heavy atom. The number of rotatable bonds is 3. The van der Waals surface area contributed by atoms with Crippen molar-refractivity contribution >= 4 is 12.6 Å². The highest BCUT2D eigenvalue weighted by molar-refractivity contribution is 7.81. The molecule has 0 amide bonds. The molecule has 0 aliphatic rings. The normalized spacial score (nSPS) is 17.4. The number of aliphatic hydroxyl groups excluding tert-OH is 1. The zero-order chi connectivity index (χ0) is 6.57. The van der Waals surface area contributed by atoms with Gasteiger partial charge in [-0.1, -0.05) is 6.08 Å². The maximum Gasteiger partial charge on any atom is 0.0631 e. The van der Waals surface area contributed by atoms with Crippen LogP contribution >= 0.6 is 12.6 Å². The average molecular weight is 132 g/mol. The molecule has 0 heterocycles. The molecule has 1 nitrogen and oxygen atoms in total. The van der Waals surface area contributed by atoms with Crippen LogP contribution in [0.2, 0.25) is 0 Å². The molecule has 8 heavy (non-hydrogen) atoms. The van der Waals surface area contributed by atoms with E-state index >= 15 is 0 Å². The van der Waals surface area contributed by atoms with E-state index < -0.39 is 0 Å². The third kappa shape index (κ3) is 3.10. The van der Waals surface area contributed by atoms with Gasteiger partial charge < -0.3 is 5.11 Å². The molecule has 0 aromatic rings. The minimum atomic E-state index is -0.337. The molecule has 0 rings (SSSR count). The summed E-state index contributed by atoms with van der Waals surface area (Å²) in [6.45, 7) is 5.25. The molecular formula is C6H12OS. The van der Waals surface area contributed by atoms with Crippen molar-refractivity contribution in [3.8, 4) is 0 Å². The fourth-order valence-corrected chi connectivity index (χ4v) is 0.517. The Morgan fingerprint density at radius 1 is 1.88 bits per heavy atom. The Bertz CT molecular complexity index is 70.9. The van der Waals surface area contributed by atoms with E-state index in [1.54, 1.807) is 13.0 Å². The standard InChI is InChI=1S/C6H12OS/c1-3-4-6(8)5(2)7/h3,5-8H,1,4H2,2H3. The molecule has 48 valence electrons. The first-order valence-electron chi connectivity index (χ1n) is 2.65. The number of hydrogen-bond donors (Lipinski definition) is 2. The molecule has 0 fully saturated rings. The van der Waals surface area contributed by atoms with E-state index in [-0.39, 0.29) is 11.4 Å². The fraction of sp³-hybridized carbons (Fsp3) is 0.667. The van der Waals surface area contributed by atoms with E-state index in [1.165, 1.54) is 0 Å². The lowest BCUT2D eigenvalue weighted by Crippen LogP contribution is -2.15. The van der Waals surface area contributed by atoms with E-state index in [9.17, 15) is 0 Å². The molecule has 2 unspecified atom stereocenters. The monoisotopic (exact) mass is 132 g/mol. The van der Waals surface area contributed by atoms with Crippen LogP contribution in [0.5, 0.6) is 0 Å². The molecule has 0 aromatic carbocycles. The van der Waals surface area contributed by atoms with Gasteiger partial charge in [-0.2, -0.15) is 12.6 Å². The second kappa shape index (κ2) is 3.98. The molecular weight excluding hydrogens is 120 g/mol. The van der Waals surface area contributed by atoms with Gasteiger partial charge in [0, 0.05) is 5.25 Å². The van der Waals surface area contributed by atoms with E-state index in [0.717, 1.165) is 6.42 Å². The van der Waals surface area contributed by atoms with Crippen molar-refractivity contribution in [2.45, 2.75) is 24.7 Å². The summed E-state index contributed by atoms with van der Waals surface area (Å²) in [4.78, 5) is 0. The largest absolute Gasteiger partial charge is 0.392 e. The minimum absolute atomic E-state index is 0.0486. The van der Waals surface area contributed by atoms with E-state index in [1.807, 2.05) is 0 Å². The molecule has 0 saturated heterocycles. The summed E-state index contributed by atoms with van der Waals surface area (Å²) in [5.41, 5.74) is 0. The Kier molecular flexibility index (Phi) is 4.01.